The number of nitrogens with zero attached hydrogens (tertiary/aromatic N) is 2. The van der Waals surface area contributed by atoms with Crippen LogP contribution in [0.25, 0.3) is 10.2 Å². The first-order valence-corrected chi connectivity index (χ1v) is 9.67. The Morgan fingerprint density at radius 1 is 1.25 bits per heavy atom. The Kier molecular flexibility index (Phi) is 5.05. The molecule has 8 heteroatoms. The number of thiophene rings is 1. The van der Waals surface area contributed by atoms with Crippen molar-refractivity contribution in [2.45, 2.75) is 49.8 Å². The fraction of sp³-hybridized carbons (Fsp3) is 0.500. The second-order valence-corrected chi connectivity index (χ2v) is 8.21. The summed E-state index contributed by atoms with van der Waals surface area (Å²) in [5, 5.41) is 6.23. The average molecular weight is 364 g/mol. The quantitative estimate of drug-likeness (QED) is 0.646. The van der Waals surface area contributed by atoms with Gasteiger partial charge in [-0.15, -0.1) is 11.3 Å². The number of aryl methyl sites for hydroxylation is 3. The first kappa shape index (κ1) is 17.2. The van der Waals surface area contributed by atoms with Crippen LogP contribution >= 0.6 is 23.1 Å². The highest BCUT2D eigenvalue weighted by Crippen LogP contribution is 2.40. The van der Waals surface area contributed by atoms with Gasteiger partial charge in [-0.1, -0.05) is 11.8 Å². The molecule has 2 N–H and O–H groups in total. The van der Waals surface area contributed by atoms with Gasteiger partial charge in [0.1, 0.15) is 15.7 Å². The van der Waals surface area contributed by atoms with Crippen LogP contribution in [0.5, 0.6) is 0 Å². The van der Waals surface area contributed by atoms with E-state index in [4.69, 9.17) is 0 Å². The Morgan fingerprint density at radius 3 is 2.75 bits per heavy atom. The molecule has 0 saturated carbocycles. The van der Waals surface area contributed by atoms with E-state index in [-0.39, 0.29) is 5.91 Å². The van der Waals surface area contributed by atoms with Crippen LogP contribution in [0.15, 0.2) is 5.03 Å². The van der Waals surface area contributed by atoms with E-state index in [2.05, 4.69) is 20.6 Å². The molecule has 24 heavy (non-hydrogen) atoms. The number of imide groups is 1. The Bertz CT molecular complexity index is 803. The molecule has 0 aromatic carbocycles. The van der Waals surface area contributed by atoms with Gasteiger partial charge in [-0.05, 0) is 45.1 Å². The lowest BCUT2D eigenvalue weighted by atomic mass is 9.97. The van der Waals surface area contributed by atoms with Crippen molar-refractivity contribution < 1.29 is 9.59 Å². The molecular weight excluding hydrogens is 344 g/mol. The summed E-state index contributed by atoms with van der Waals surface area (Å²) in [5.41, 5.74) is 1.35. The van der Waals surface area contributed by atoms with E-state index >= 15 is 0 Å². The number of nitrogens with one attached hydrogen (secondary N) is 2. The number of rotatable bonds is 3. The molecule has 1 atom stereocenters. The van der Waals surface area contributed by atoms with Crippen LogP contribution in [0, 0.1) is 6.92 Å². The monoisotopic (exact) mass is 364 g/mol. The highest BCUT2D eigenvalue weighted by Gasteiger charge is 2.24. The summed E-state index contributed by atoms with van der Waals surface area (Å²) in [6.45, 7) is 3.66. The van der Waals surface area contributed by atoms with Gasteiger partial charge in [0.2, 0.25) is 5.91 Å². The van der Waals surface area contributed by atoms with Gasteiger partial charge in [0.25, 0.3) is 0 Å². The number of aromatic nitrogens is 2. The molecule has 0 saturated heterocycles. The third-order valence-corrected chi connectivity index (χ3v) is 6.29. The van der Waals surface area contributed by atoms with Gasteiger partial charge in [0.15, 0.2) is 0 Å². The molecule has 0 bridgehead atoms. The van der Waals surface area contributed by atoms with Gasteiger partial charge in [0.05, 0.1) is 5.25 Å². The molecule has 128 valence electrons. The molecule has 2 aromatic rings. The molecule has 0 fully saturated rings. The van der Waals surface area contributed by atoms with Crippen LogP contribution in [0.1, 0.15) is 36.0 Å². The Balaban J connectivity index is 1.92. The maximum absolute atomic E-state index is 12.1. The highest BCUT2D eigenvalue weighted by atomic mass is 32.2. The topological polar surface area (TPSA) is 84.0 Å². The van der Waals surface area contributed by atoms with Crippen molar-refractivity contribution in [2.24, 2.45) is 0 Å². The van der Waals surface area contributed by atoms with Crippen LogP contribution in [0.2, 0.25) is 0 Å². The van der Waals surface area contributed by atoms with Gasteiger partial charge >= 0.3 is 6.03 Å². The third-order valence-electron chi connectivity index (χ3n) is 4.01. The first-order valence-electron chi connectivity index (χ1n) is 7.97. The fourth-order valence-electron chi connectivity index (χ4n) is 2.81. The van der Waals surface area contributed by atoms with E-state index in [1.165, 1.54) is 42.1 Å². The Morgan fingerprint density at radius 2 is 2.00 bits per heavy atom. The van der Waals surface area contributed by atoms with Crippen molar-refractivity contribution in [1.82, 2.24) is 20.6 Å². The zero-order chi connectivity index (χ0) is 17.3. The van der Waals surface area contributed by atoms with E-state index in [9.17, 15) is 9.59 Å². The molecule has 0 unspecified atom stereocenters. The lowest BCUT2D eigenvalue weighted by Gasteiger charge is -2.14. The van der Waals surface area contributed by atoms with Crippen molar-refractivity contribution in [1.29, 1.82) is 0 Å². The second-order valence-electron chi connectivity index (χ2n) is 5.80. The number of carbonyl (C=O) groups excluding carboxylic acids is 2. The van der Waals surface area contributed by atoms with Crippen molar-refractivity contribution in [3.63, 3.8) is 0 Å². The maximum atomic E-state index is 12.1. The van der Waals surface area contributed by atoms with E-state index in [0.29, 0.717) is 5.82 Å². The summed E-state index contributed by atoms with van der Waals surface area (Å²) in [6, 6.07) is -0.496. The molecule has 1 aliphatic rings. The lowest BCUT2D eigenvalue weighted by Crippen LogP contribution is -2.41. The number of thioether (sulfide) groups is 1. The van der Waals surface area contributed by atoms with Gasteiger partial charge < -0.3 is 5.32 Å². The highest BCUT2D eigenvalue weighted by molar-refractivity contribution is 8.00. The van der Waals surface area contributed by atoms with Crippen LogP contribution in [-0.4, -0.2) is 34.2 Å². The van der Waals surface area contributed by atoms with Gasteiger partial charge in [-0.2, -0.15) is 0 Å². The molecule has 0 radical (unpaired) electrons. The fourth-order valence-corrected chi connectivity index (χ4v) is 5.20. The molecule has 2 aromatic heterocycles. The standard InChI is InChI=1S/C16H20N4O2S2/c1-8(13(21)20-16(22)17-3)23-14-12-10-6-4-5-7-11(10)24-15(12)19-9(2)18-14/h8H,4-7H2,1-3H3,(H2,17,20,21,22)/t8-/m0/s1. The van der Waals surface area contributed by atoms with Crippen molar-refractivity contribution >= 4 is 45.3 Å². The molecule has 6 nitrogen and oxygen atoms in total. The Labute approximate surface area is 148 Å². The average Bonchev–Trinajstić information content (AvgIpc) is 2.92. The maximum Gasteiger partial charge on any atom is 0.321 e. The van der Waals surface area contributed by atoms with Crippen LogP contribution in [-0.2, 0) is 17.6 Å². The van der Waals surface area contributed by atoms with Gasteiger partial charge in [0, 0.05) is 17.3 Å². The van der Waals surface area contributed by atoms with Crippen LogP contribution < -0.4 is 10.6 Å². The molecule has 3 rings (SSSR count). The third kappa shape index (κ3) is 3.39. The Hall–Kier alpha value is -1.67. The van der Waals surface area contributed by atoms with Crippen LogP contribution in [0.4, 0.5) is 4.79 Å². The van der Waals surface area contributed by atoms with Gasteiger partial charge in [-0.3, -0.25) is 10.1 Å². The molecule has 1 aliphatic carbocycles. The van der Waals surface area contributed by atoms with E-state index in [1.54, 1.807) is 18.3 Å². The normalized spacial score (nSPS) is 15.0. The number of amides is 3. The van der Waals surface area contributed by atoms with Crippen molar-refractivity contribution in [2.75, 3.05) is 7.05 Å². The summed E-state index contributed by atoms with van der Waals surface area (Å²) >= 11 is 3.14. The molecule has 2 heterocycles. The zero-order valence-electron chi connectivity index (χ0n) is 13.9. The van der Waals surface area contributed by atoms with Crippen molar-refractivity contribution in [3.05, 3.63) is 16.3 Å². The lowest BCUT2D eigenvalue weighted by molar-refractivity contribution is -0.119. The second kappa shape index (κ2) is 7.06. The summed E-state index contributed by atoms with van der Waals surface area (Å²) < 4.78 is 0. The van der Waals surface area contributed by atoms with E-state index in [1.807, 2.05) is 6.92 Å². The minimum Gasteiger partial charge on any atom is -0.341 e. The molecular formula is C16H20N4O2S2. The van der Waals surface area contributed by atoms with Crippen LogP contribution in [0.3, 0.4) is 0 Å². The number of urea groups is 1. The van der Waals surface area contributed by atoms with Crippen molar-refractivity contribution in [3.8, 4) is 0 Å². The number of hydrogen-bond donors (Lipinski definition) is 2. The summed E-state index contributed by atoms with van der Waals surface area (Å²) in [7, 11) is 1.48. The minimum absolute atomic E-state index is 0.326. The zero-order valence-corrected chi connectivity index (χ0v) is 15.6. The predicted octanol–water partition coefficient (Wildman–Crippen LogP) is 2.81. The summed E-state index contributed by atoms with van der Waals surface area (Å²) in [6.07, 6.45) is 4.56. The number of fused-ring (bicyclic) bond motifs is 3. The molecule has 0 aliphatic heterocycles. The van der Waals surface area contributed by atoms with E-state index in [0.717, 1.165) is 28.1 Å². The van der Waals surface area contributed by atoms with Gasteiger partial charge in [-0.25, -0.2) is 14.8 Å². The SMILES string of the molecule is CNC(=O)NC(=O)[C@H](C)Sc1nc(C)nc2sc3c(c12)CCCC3. The molecule has 3 amide bonds. The summed E-state index contributed by atoms with van der Waals surface area (Å²) in [4.78, 5) is 35.0. The largest absolute Gasteiger partial charge is 0.341 e. The first-order chi connectivity index (χ1) is 11.5. The number of hydrogen-bond acceptors (Lipinski definition) is 6. The minimum atomic E-state index is -0.496. The molecule has 0 spiro atoms. The summed E-state index contributed by atoms with van der Waals surface area (Å²) in [5.74, 6) is 0.385. The van der Waals surface area contributed by atoms with E-state index < -0.39 is 11.3 Å². The predicted molar refractivity (Wildman–Crippen MR) is 96.7 cm³/mol. The smallest absolute Gasteiger partial charge is 0.321 e. The number of carbonyl (C=O) groups is 2.